The molecule has 2 N–H and O–H groups in total. The van der Waals surface area contributed by atoms with E-state index in [1.807, 2.05) is 13.8 Å². The highest BCUT2D eigenvalue weighted by Crippen LogP contribution is 2.22. The van der Waals surface area contributed by atoms with Crippen LogP contribution in [-0.4, -0.2) is 53.3 Å². The lowest BCUT2D eigenvalue weighted by atomic mass is 9.88. The Balaban J connectivity index is 2.43. The molecule has 0 radical (unpaired) electrons. The Morgan fingerprint density at radius 2 is 1.94 bits per heavy atom. The second-order valence-electron chi connectivity index (χ2n) is 5.37. The SMILES string of the molecule is CN1CCN(CCCC(C)(C)C(N)=S)C(=O)C1=O. The van der Waals surface area contributed by atoms with Crippen molar-refractivity contribution in [3.63, 3.8) is 0 Å². The molecule has 1 heterocycles. The summed E-state index contributed by atoms with van der Waals surface area (Å²) in [7, 11) is 1.65. The van der Waals surface area contributed by atoms with Crippen molar-refractivity contribution in [2.45, 2.75) is 26.7 Å². The van der Waals surface area contributed by atoms with E-state index in [0.29, 0.717) is 24.6 Å². The largest absolute Gasteiger partial charge is 0.393 e. The summed E-state index contributed by atoms with van der Waals surface area (Å²) in [5.41, 5.74) is 5.45. The van der Waals surface area contributed by atoms with Crippen LogP contribution in [0.15, 0.2) is 0 Å². The number of piperazine rings is 1. The molecule has 0 aliphatic carbocycles. The van der Waals surface area contributed by atoms with E-state index in [2.05, 4.69) is 0 Å². The topological polar surface area (TPSA) is 66.6 Å². The van der Waals surface area contributed by atoms with Gasteiger partial charge in [0.2, 0.25) is 0 Å². The second kappa shape index (κ2) is 5.65. The van der Waals surface area contributed by atoms with Gasteiger partial charge in [-0.25, -0.2) is 0 Å². The smallest absolute Gasteiger partial charge is 0.312 e. The number of thiocarbonyl (C=S) groups is 1. The number of amides is 2. The van der Waals surface area contributed by atoms with Gasteiger partial charge in [0, 0.05) is 32.1 Å². The Hall–Kier alpha value is -1.17. The van der Waals surface area contributed by atoms with Crippen LogP contribution in [0, 0.1) is 5.41 Å². The zero-order valence-corrected chi connectivity index (χ0v) is 12.0. The highest BCUT2D eigenvalue weighted by Gasteiger charge is 2.30. The average molecular weight is 271 g/mol. The molecule has 0 aromatic rings. The fourth-order valence-electron chi connectivity index (χ4n) is 1.82. The molecule has 1 fully saturated rings. The zero-order chi connectivity index (χ0) is 13.9. The maximum Gasteiger partial charge on any atom is 0.312 e. The van der Waals surface area contributed by atoms with E-state index in [4.69, 9.17) is 18.0 Å². The molecule has 6 heteroatoms. The number of nitrogens with zero attached hydrogens (tertiary/aromatic N) is 2. The van der Waals surface area contributed by atoms with E-state index in [1.54, 1.807) is 11.9 Å². The van der Waals surface area contributed by atoms with Crippen LogP contribution in [0.5, 0.6) is 0 Å². The van der Waals surface area contributed by atoms with Crippen molar-refractivity contribution >= 4 is 29.0 Å². The van der Waals surface area contributed by atoms with Crippen LogP contribution in [0.1, 0.15) is 26.7 Å². The van der Waals surface area contributed by atoms with Crippen molar-refractivity contribution in [2.24, 2.45) is 11.1 Å². The number of rotatable bonds is 5. The summed E-state index contributed by atoms with van der Waals surface area (Å²) in [5.74, 6) is -0.827. The van der Waals surface area contributed by atoms with Crippen molar-refractivity contribution in [3.05, 3.63) is 0 Å². The first kappa shape index (κ1) is 14.9. The van der Waals surface area contributed by atoms with Crippen LogP contribution in [0.2, 0.25) is 0 Å². The lowest BCUT2D eigenvalue weighted by Crippen LogP contribution is -2.53. The molecule has 0 aromatic heterocycles. The maximum absolute atomic E-state index is 11.7. The molecule has 0 saturated carbocycles. The van der Waals surface area contributed by atoms with E-state index in [9.17, 15) is 9.59 Å². The van der Waals surface area contributed by atoms with Crippen LogP contribution in [-0.2, 0) is 9.59 Å². The van der Waals surface area contributed by atoms with Gasteiger partial charge in [-0.15, -0.1) is 0 Å². The van der Waals surface area contributed by atoms with Crippen LogP contribution in [0.3, 0.4) is 0 Å². The Morgan fingerprint density at radius 1 is 1.33 bits per heavy atom. The van der Waals surface area contributed by atoms with Crippen LogP contribution in [0.25, 0.3) is 0 Å². The Bertz CT molecular complexity index is 368. The molecule has 0 atom stereocenters. The van der Waals surface area contributed by atoms with Crippen LogP contribution in [0.4, 0.5) is 0 Å². The molecule has 1 aliphatic heterocycles. The van der Waals surface area contributed by atoms with Crippen LogP contribution >= 0.6 is 12.2 Å². The first-order valence-electron chi connectivity index (χ1n) is 6.10. The van der Waals surface area contributed by atoms with Gasteiger partial charge in [-0.1, -0.05) is 26.1 Å². The van der Waals surface area contributed by atoms with Gasteiger partial charge in [0.25, 0.3) is 0 Å². The third kappa shape index (κ3) is 3.41. The number of carbonyl (C=O) groups excluding carboxylic acids is 2. The fourth-order valence-corrected chi connectivity index (χ4v) is 1.92. The fraction of sp³-hybridized carbons (Fsp3) is 0.750. The van der Waals surface area contributed by atoms with Gasteiger partial charge in [-0.05, 0) is 12.8 Å². The summed E-state index contributed by atoms with van der Waals surface area (Å²) in [4.78, 5) is 26.8. The molecule has 0 bridgehead atoms. The predicted molar refractivity (Wildman–Crippen MR) is 74.0 cm³/mol. The van der Waals surface area contributed by atoms with E-state index in [-0.39, 0.29) is 5.41 Å². The number of hydrogen-bond acceptors (Lipinski definition) is 3. The van der Waals surface area contributed by atoms with Crippen molar-refractivity contribution in [3.8, 4) is 0 Å². The van der Waals surface area contributed by atoms with E-state index in [1.165, 1.54) is 4.90 Å². The summed E-state index contributed by atoms with van der Waals surface area (Å²) in [6.45, 7) is 5.78. The first-order valence-corrected chi connectivity index (χ1v) is 6.51. The Kier molecular flexibility index (Phi) is 4.67. The highest BCUT2D eigenvalue weighted by atomic mass is 32.1. The minimum Gasteiger partial charge on any atom is -0.393 e. The minimum atomic E-state index is -0.421. The van der Waals surface area contributed by atoms with Crippen molar-refractivity contribution < 1.29 is 9.59 Å². The third-order valence-corrected chi connectivity index (χ3v) is 3.97. The third-order valence-electron chi connectivity index (χ3n) is 3.42. The molecule has 2 amide bonds. The van der Waals surface area contributed by atoms with Gasteiger partial charge in [-0.3, -0.25) is 9.59 Å². The molecule has 18 heavy (non-hydrogen) atoms. The van der Waals surface area contributed by atoms with Gasteiger partial charge in [0.05, 0.1) is 4.99 Å². The Morgan fingerprint density at radius 3 is 2.50 bits per heavy atom. The average Bonchev–Trinajstić information content (AvgIpc) is 2.29. The number of likely N-dealkylation sites (N-methyl/N-ethyl adjacent to an activating group) is 1. The molecule has 1 saturated heterocycles. The number of hydrogen-bond donors (Lipinski definition) is 1. The summed E-state index contributed by atoms with van der Waals surface area (Å²) in [6.07, 6.45) is 1.61. The van der Waals surface area contributed by atoms with Crippen molar-refractivity contribution in [2.75, 3.05) is 26.7 Å². The summed E-state index contributed by atoms with van der Waals surface area (Å²) >= 11 is 5.00. The van der Waals surface area contributed by atoms with E-state index >= 15 is 0 Å². The molecule has 0 spiro atoms. The van der Waals surface area contributed by atoms with Crippen molar-refractivity contribution in [1.82, 2.24) is 9.80 Å². The van der Waals surface area contributed by atoms with Gasteiger partial charge in [0.15, 0.2) is 0 Å². The first-order chi connectivity index (χ1) is 8.25. The molecule has 0 unspecified atom stereocenters. The minimum absolute atomic E-state index is 0.199. The second-order valence-corrected chi connectivity index (χ2v) is 5.81. The molecular formula is C12H21N3O2S. The van der Waals surface area contributed by atoms with Gasteiger partial charge in [0.1, 0.15) is 0 Å². The van der Waals surface area contributed by atoms with Gasteiger partial charge < -0.3 is 15.5 Å². The van der Waals surface area contributed by atoms with E-state index in [0.717, 1.165) is 12.8 Å². The number of nitrogens with two attached hydrogens (primary N) is 1. The van der Waals surface area contributed by atoms with Gasteiger partial charge in [-0.2, -0.15) is 0 Å². The molecule has 0 aromatic carbocycles. The lowest BCUT2D eigenvalue weighted by Gasteiger charge is -2.32. The molecular weight excluding hydrogens is 250 g/mol. The van der Waals surface area contributed by atoms with Crippen LogP contribution < -0.4 is 5.73 Å². The molecule has 1 rings (SSSR count). The van der Waals surface area contributed by atoms with E-state index < -0.39 is 11.8 Å². The zero-order valence-electron chi connectivity index (χ0n) is 11.2. The highest BCUT2D eigenvalue weighted by molar-refractivity contribution is 7.80. The molecule has 102 valence electrons. The molecule has 5 nitrogen and oxygen atoms in total. The maximum atomic E-state index is 11.7. The standard InChI is InChI=1S/C12H21N3O2S/c1-12(2,11(13)18)5-4-6-15-8-7-14(3)9(16)10(15)17/h4-8H2,1-3H3,(H2,13,18). The number of carbonyl (C=O) groups is 2. The normalized spacial score (nSPS) is 17.3. The quantitative estimate of drug-likeness (QED) is 0.580. The summed E-state index contributed by atoms with van der Waals surface area (Å²) < 4.78 is 0. The monoisotopic (exact) mass is 271 g/mol. The predicted octanol–water partition coefficient (Wildman–Crippen LogP) is 0.380. The Labute approximate surface area is 113 Å². The molecule has 1 aliphatic rings. The van der Waals surface area contributed by atoms with Crippen molar-refractivity contribution in [1.29, 1.82) is 0 Å². The summed E-state index contributed by atoms with van der Waals surface area (Å²) in [6, 6.07) is 0. The summed E-state index contributed by atoms with van der Waals surface area (Å²) in [5, 5.41) is 0. The lowest BCUT2D eigenvalue weighted by molar-refractivity contribution is -0.155. The van der Waals surface area contributed by atoms with Gasteiger partial charge >= 0.3 is 11.8 Å².